The quantitative estimate of drug-likeness (QED) is 0.544. The van der Waals surface area contributed by atoms with Crippen LogP contribution in [0.5, 0.6) is 17.2 Å². The van der Waals surface area contributed by atoms with Gasteiger partial charge >= 0.3 is 0 Å². The first-order chi connectivity index (χ1) is 8.58. The monoisotopic (exact) mass is 254 g/mol. The largest absolute Gasteiger partial charge is 0.504 e. The molecule has 1 heterocycles. The van der Waals surface area contributed by atoms with E-state index in [1.807, 2.05) is 0 Å². The van der Waals surface area contributed by atoms with Crippen molar-refractivity contribution in [3.8, 4) is 17.2 Å². The Morgan fingerprint density at radius 1 is 1.17 bits per heavy atom. The Bertz CT molecular complexity index is 434. The number of morpholine rings is 1. The van der Waals surface area contributed by atoms with Crippen LogP contribution in [0.1, 0.15) is 10.4 Å². The summed E-state index contributed by atoms with van der Waals surface area (Å²) in [5, 5.41) is 29.5. The zero-order chi connectivity index (χ0) is 13.1. The second-order valence-corrected chi connectivity index (χ2v) is 3.90. The molecule has 1 saturated heterocycles. The van der Waals surface area contributed by atoms with Crippen LogP contribution in [-0.4, -0.2) is 52.5 Å². The zero-order valence-corrected chi connectivity index (χ0v) is 9.59. The van der Waals surface area contributed by atoms with Crippen molar-refractivity contribution in [3.63, 3.8) is 0 Å². The molecule has 0 saturated carbocycles. The lowest BCUT2D eigenvalue weighted by Gasteiger charge is -2.26. The van der Waals surface area contributed by atoms with Gasteiger partial charge in [-0.1, -0.05) is 0 Å². The first-order valence-corrected chi connectivity index (χ1v) is 5.46. The SMILES string of the molecule is O=C(NN1CCOCC1)c1cc(O)c(O)c(O)c1. The Morgan fingerprint density at radius 2 is 1.72 bits per heavy atom. The zero-order valence-electron chi connectivity index (χ0n) is 9.59. The molecule has 0 bridgehead atoms. The van der Waals surface area contributed by atoms with Crippen molar-refractivity contribution in [2.24, 2.45) is 0 Å². The van der Waals surface area contributed by atoms with Crippen LogP contribution >= 0.6 is 0 Å². The molecule has 0 aromatic heterocycles. The average molecular weight is 254 g/mol. The number of benzene rings is 1. The van der Waals surface area contributed by atoms with Gasteiger partial charge in [-0.15, -0.1) is 0 Å². The fraction of sp³-hybridized carbons (Fsp3) is 0.364. The lowest BCUT2D eigenvalue weighted by molar-refractivity contribution is 0.0126. The van der Waals surface area contributed by atoms with Gasteiger partial charge in [-0.2, -0.15) is 0 Å². The molecule has 0 spiro atoms. The third kappa shape index (κ3) is 2.63. The highest BCUT2D eigenvalue weighted by molar-refractivity contribution is 5.95. The number of carbonyl (C=O) groups is 1. The molecule has 1 amide bonds. The van der Waals surface area contributed by atoms with Gasteiger partial charge in [-0.3, -0.25) is 10.2 Å². The third-order valence-electron chi connectivity index (χ3n) is 2.60. The summed E-state index contributed by atoms with van der Waals surface area (Å²) in [5.41, 5.74) is 2.68. The van der Waals surface area contributed by atoms with Gasteiger partial charge in [0.15, 0.2) is 17.2 Å². The van der Waals surface area contributed by atoms with Gasteiger partial charge in [0.2, 0.25) is 0 Å². The van der Waals surface area contributed by atoms with Crippen molar-refractivity contribution in [3.05, 3.63) is 17.7 Å². The smallest absolute Gasteiger partial charge is 0.265 e. The fourth-order valence-electron chi connectivity index (χ4n) is 1.62. The molecule has 0 radical (unpaired) electrons. The van der Waals surface area contributed by atoms with E-state index in [2.05, 4.69) is 5.43 Å². The summed E-state index contributed by atoms with van der Waals surface area (Å²) in [4.78, 5) is 11.8. The summed E-state index contributed by atoms with van der Waals surface area (Å²) in [5.74, 6) is -2.19. The van der Waals surface area contributed by atoms with E-state index in [1.165, 1.54) is 0 Å². The molecule has 7 heteroatoms. The van der Waals surface area contributed by atoms with Crippen LogP contribution in [-0.2, 0) is 4.74 Å². The number of hydrogen-bond donors (Lipinski definition) is 4. The van der Waals surface area contributed by atoms with Gasteiger partial charge in [-0.25, -0.2) is 5.01 Å². The van der Waals surface area contributed by atoms with E-state index in [0.29, 0.717) is 26.3 Å². The van der Waals surface area contributed by atoms with Crippen LogP contribution in [0, 0.1) is 0 Å². The number of nitrogens with zero attached hydrogens (tertiary/aromatic N) is 1. The van der Waals surface area contributed by atoms with Crippen LogP contribution in [0.3, 0.4) is 0 Å². The maximum absolute atomic E-state index is 11.8. The van der Waals surface area contributed by atoms with E-state index in [-0.39, 0.29) is 5.56 Å². The van der Waals surface area contributed by atoms with Crippen LogP contribution in [0.15, 0.2) is 12.1 Å². The number of carbonyl (C=O) groups excluding carboxylic acids is 1. The molecule has 98 valence electrons. The highest BCUT2D eigenvalue weighted by atomic mass is 16.5. The molecule has 0 unspecified atom stereocenters. The summed E-state index contributed by atoms with van der Waals surface area (Å²) in [6.45, 7) is 2.21. The molecule has 0 aliphatic carbocycles. The van der Waals surface area contributed by atoms with Gasteiger partial charge in [0.25, 0.3) is 5.91 Å². The number of ether oxygens (including phenoxy) is 1. The number of phenols is 3. The second kappa shape index (κ2) is 5.11. The minimum Gasteiger partial charge on any atom is -0.504 e. The van der Waals surface area contributed by atoms with E-state index >= 15 is 0 Å². The topological polar surface area (TPSA) is 102 Å². The molecular weight excluding hydrogens is 240 g/mol. The molecule has 1 aliphatic rings. The van der Waals surface area contributed by atoms with E-state index < -0.39 is 23.2 Å². The van der Waals surface area contributed by atoms with Crippen molar-refractivity contribution in [1.29, 1.82) is 0 Å². The number of phenolic OH excluding ortho intramolecular Hbond substituents is 3. The minimum atomic E-state index is -0.641. The Balaban J connectivity index is 2.08. The number of nitrogens with one attached hydrogen (secondary N) is 1. The van der Waals surface area contributed by atoms with Crippen molar-refractivity contribution in [2.45, 2.75) is 0 Å². The van der Waals surface area contributed by atoms with E-state index in [1.54, 1.807) is 5.01 Å². The Labute approximate surface area is 103 Å². The molecule has 0 atom stereocenters. The highest BCUT2D eigenvalue weighted by Crippen LogP contribution is 2.35. The summed E-state index contributed by atoms with van der Waals surface area (Å²) in [6, 6.07) is 2.18. The van der Waals surface area contributed by atoms with Crippen molar-refractivity contribution < 1.29 is 24.9 Å². The maximum Gasteiger partial charge on any atom is 0.265 e. The fourth-order valence-corrected chi connectivity index (χ4v) is 1.62. The Morgan fingerprint density at radius 3 is 2.28 bits per heavy atom. The summed E-state index contributed by atoms with van der Waals surface area (Å²) in [6.07, 6.45) is 0. The van der Waals surface area contributed by atoms with E-state index in [9.17, 15) is 20.1 Å². The molecular formula is C11H14N2O5. The molecule has 1 aromatic rings. The molecule has 2 rings (SSSR count). The normalized spacial score (nSPS) is 16.4. The van der Waals surface area contributed by atoms with Gasteiger partial charge in [0.1, 0.15) is 0 Å². The summed E-state index contributed by atoms with van der Waals surface area (Å²) >= 11 is 0. The average Bonchev–Trinajstić information content (AvgIpc) is 2.36. The van der Waals surface area contributed by atoms with Gasteiger partial charge < -0.3 is 20.1 Å². The number of hydrazine groups is 1. The number of hydrogen-bond acceptors (Lipinski definition) is 6. The number of amides is 1. The van der Waals surface area contributed by atoms with Crippen molar-refractivity contribution in [1.82, 2.24) is 10.4 Å². The number of aromatic hydroxyl groups is 3. The maximum atomic E-state index is 11.8. The first-order valence-electron chi connectivity index (χ1n) is 5.46. The minimum absolute atomic E-state index is 0.0642. The lowest BCUT2D eigenvalue weighted by Crippen LogP contribution is -2.48. The molecule has 7 nitrogen and oxygen atoms in total. The van der Waals surface area contributed by atoms with E-state index in [0.717, 1.165) is 12.1 Å². The molecule has 1 aliphatic heterocycles. The predicted octanol–water partition coefficient (Wildman–Crippen LogP) is -0.220. The first kappa shape index (κ1) is 12.5. The lowest BCUT2D eigenvalue weighted by atomic mass is 10.2. The Kier molecular flexibility index (Phi) is 3.54. The van der Waals surface area contributed by atoms with Crippen LogP contribution in [0.2, 0.25) is 0 Å². The van der Waals surface area contributed by atoms with Crippen molar-refractivity contribution >= 4 is 5.91 Å². The molecule has 1 aromatic carbocycles. The molecule has 18 heavy (non-hydrogen) atoms. The molecule has 1 fully saturated rings. The third-order valence-corrected chi connectivity index (χ3v) is 2.60. The van der Waals surface area contributed by atoms with Crippen molar-refractivity contribution in [2.75, 3.05) is 26.3 Å². The highest BCUT2D eigenvalue weighted by Gasteiger charge is 2.17. The number of rotatable bonds is 2. The van der Waals surface area contributed by atoms with Crippen LogP contribution < -0.4 is 5.43 Å². The Hall–Kier alpha value is -1.99. The standard InChI is InChI=1S/C11H14N2O5/c14-8-5-7(6-9(15)10(8)16)11(17)12-13-1-3-18-4-2-13/h5-6,14-16H,1-4H2,(H,12,17). The van der Waals surface area contributed by atoms with Crippen LogP contribution in [0.25, 0.3) is 0 Å². The predicted molar refractivity (Wildman–Crippen MR) is 61.3 cm³/mol. The van der Waals surface area contributed by atoms with E-state index in [4.69, 9.17) is 4.74 Å². The van der Waals surface area contributed by atoms with Gasteiger partial charge in [0.05, 0.1) is 13.2 Å². The second-order valence-electron chi connectivity index (χ2n) is 3.90. The summed E-state index contributed by atoms with van der Waals surface area (Å²) in [7, 11) is 0. The summed E-state index contributed by atoms with van der Waals surface area (Å²) < 4.78 is 5.13. The van der Waals surface area contributed by atoms with Gasteiger partial charge in [-0.05, 0) is 12.1 Å². The van der Waals surface area contributed by atoms with Crippen LogP contribution in [0.4, 0.5) is 0 Å². The molecule has 4 N–H and O–H groups in total. The van der Waals surface area contributed by atoms with Gasteiger partial charge in [0, 0.05) is 18.7 Å².